The Kier molecular flexibility index (Phi) is 13.9. The lowest BCUT2D eigenvalue weighted by Gasteiger charge is -2.26. The zero-order valence-corrected chi connectivity index (χ0v) is 27.6. The van der Waals surface area contributed by atoms with Crippen molar-refractivity contribution in [2.24, 2.45) is 11.5 Å². The number of primary amides is 2. The van der Waals surface area contributed by atoms with Gasteiger partial charge in [-0.2, -0.15) is 18.3 Å². The van der Waals surface area contributed by atoms with Crippen LogP contribution in [0.5, 0.6) is 0 Å². The lowest BCUT2D eigenvalue weighted by molar-refractivity contribution is -0.115. The first-order valence-corrected chi connectivity index (χ1v) is 16.1. The molecule has 1 aliphatic heterocycles. The van der Waals surface area contributed by atoms with Gasteiger partial charge in [0.15, 0.2) is 5.69 Å². The molecule has 1 unspecified atom stereocenters. The van der Waals surface area contributed by atoms with Gasteiger partial charge in [-0.1, -0.05) is 0 Å². The molecule has 1 atom stereocenters. The van der Waals surface area contributed by atoms with Gasteiger partial charge in [0.05, 0.1) is 30.8 Å². The molecular weight excluding hydrogens is 677 g/mol. The summed E-state index contributed by atoms with van der Waals surface area (Å²) in [4.78, 5) is 53.1. The smallest absolute Gasteiger partial charge is 0.405 e. The molecule has 4 rings (SSSR count). The number of hydrogen-bond donors (Lipinski definition) is 4. The number of carbonyl (C=O) groups is 4. The standard InChI is InChI=1S/C33H39F3N8O7/c34-33(35,36)21-41-27-18-23(10-12-39-27)32-44(26(20-51-32)29(37)46)25-19-43(42-28(25)30(38)47)24-8-6-22(7-9-24)31(48)40-11-2-1-4-14-49-16-17-50-15-5-3-13-45/h6-10,12-13,18-20,32H,1-5,11,14-17,21H2,(H2,37,46)(H2,38,47)(H,39,41)(H,40,48). The minimum Gasteiger partial charge on any atom is -0.471 e. The first-order valence-electron chi connectivity index (χ1n) is 16.1. The van der Waals surface area contributed by atoms with E-state index >= 15 is 0 Å². The molecule has 274 valence electrons. The fourth-order valence-corrected chi connectivity index (χ4v) is 4.94. The number of aldehydes is 1. The third-order valence-corrected chi connectivity index (χ3v) is 7.41. The van der Waals surface area contributed by atoms with E-state index in [2.05, 4.69) is 20.7 Å². The van der Waals surface area contributed by atoms with Gasteiger partial charge in [-0.25, -0.2) is 9.67 Å². The maximum atomic E-state index is 12.8. The summed E-state index contributed by atoms with van der Waals surface area (Å²) in [7, 11) is 0. The Balaban J connectivity index is 1.37. The summed E-state index contributed by atoms with van der Waals surface area (Å²) in [6, 6.07) is 9.12. The fourth-order valence-electron chi connectivity index (χ4n) is 4.94. The maximum Gasteiger partial charge on any atom is 0.405 e. The number of pyridine rings is 1. The lowest BCUT2D eigenvalue weighted by Crippen LogP contribution is -2.32. The quantitative estimate of drug-likeness (QED) is 0.0931. The average molecular weight is 717 g/mol. The molecule has 1 aromatic carbocycles. The number of halogens is 3. The number of unbranched alkanes of at least 4 members (excludes halogenated alkanes) is 3. The van der Waals surface area contributed by atoms with E-state index in [4.69, 9.17) is 25.7 Å². The number of amides is 3. The molecule has 18 heteroatoms. The Morgan fingerprint density at radius 2 is 1.69 bits per heavy atom. The van der Waals surface area contributed by atoms with Gasteiger partial charge in [0, 0.05) is 43.5 Å². The van der Waals surface area contributed by atoms with Crippen LogP contribution in [0.3, 0.4) is 0 Å². The van der Waals surface area contributed by atoms with Crippen LogP contribution in [0.25, 0.3) is 5.69 Å². The van der Waals surface area contributed by atoms with Gasteiger partial charge in [-0.15, -0.1) is 0 Å². The van der Waals surface area contributed by atoms with Crippen LogP contribution in [0.2, 0.25) is 0 Å². The van der Waals surface area contributed by atoms with Crippen molar-refractivity contribution in [1.82, 2.24) is 20.1 Å². The van der Waals surface area contributed by atoms with Crippen LogP contribution < -0.4 is 27.0 Å². The predicted molar refractivity (Wildman–Crippen MR) is 178 cm³/mol. The summed E-state index contributed by atoms with van der Waals surface area (Å²) in [5, 5.41) is 9.35. The molecule has 0 fully saturated rings. The van der Waals surface area contributed by atoms with Gasteiger partial charge >= 0.3 is 6.18 Å². The molecule has 51 heavy (non-hydrogen) atoms. The second-order valence-corrected chi connectivity index (χ2v) is 11.2. The van der Waals surface area contributed by atoms with E-state index in [9.17, 15) is 32.3 Å². The summed E-state index contributed by atoms with van der Waals surface area (Å²) < 4.78 is 56.2. The molecule has 0 saturated heterocycles. The topological polar surface area (TPSA) is 206 Å². The van der Waals surface area contributed by atoms with Gasteiger partial charge in [0.2, 0.25) is 6.23 Å². The van der Waals surface area contributed by atoms with E-state index in [0.717, 1.165) is 31.8 Å². The van der Waals surface area contributed by atoms with E-state index in [1.165, 1.54) is 34.1 Å². The summed E-state index contributed by atoms with van der Waals surface area (Å²) in [5.41, 5.74) is 12.0. The number of rotatable bonds is 21. The van der Waals surface area contributed by atoms with E-state index < -0.39 is 30.8 Å². The van der Waals surface area contributed by atoms with Crippen molar-refractivity contribution in [1.29, 1.82) is 0 Å². The Labute approximate surface area is 291 Å². The van der Waals surface area contributed by atoms with Crippen LogP contribution in [0, 0.1) is 0 Å². The monoisotopic (exact) mass is 716 g/mol. The van der Waals surface area contributed by atoms with Gasteiger partial charge in [0.1, 0.15) is 30.6 Å². The number of anilines is 2. The van der Waals surface area contributed by atoms with Crippen LogP contribution in [0.15, 0.2) is 60.8 Å². The van der Waals surface area contributed by atoms with Crippen LogP contribution in [-0.2, 0) is 23.8 Å². The van der Waals surface area contributed by atoms with E-state index in [1.54, 1.807) is 24.3 Å². The van der Waals surface area contributed by atoms with Gasteiger partial charge in [0.25, 0.3) is 17.7 Å². The van der Waals surface area contributed by atoms with Gasteiger partial charge < -0.3 is 41.1 Å². The SMILES string of the molecule is NC(=O)C1=COC(c2ccnc(NCC(F)(F)F)c2)N1c1cn(-c2ccc(C(=O)NCCCCCOCCOCCCC=O)cc2)nc1C(N)=O. The first kappa shape index (κ1) is 38.3. The third kappa shape index (κ3) is 11.3. The highest BCUT2D eigenvalue weighted by Crippen LogP contribution is 2.39. The second kappa shape index (κ2) is 18.5. The van der Waals surface area contributed by atoms with Crippen LogP contribution in [0.1, 0.15) is 64.7 Å². The molecule has 0 aliphatic carbocycles. The molecule has 3 heterocycles. The second-order valence-electron chi connectivity index (χ2n) is 11.2. The Bertz CT molecular complexity index is 1680. The number of ether oxygens (including phenoxy) is 3. The molecule has 15 nitrogen and oxygen atoms in total. The van der Waals surface area contributed by atoms with Gasteiger partial charge in [-0.05, 0) is 62.1 Å². The summed E-state index contributed by atoms with van der Waals surface area (Å²) >= 11 is 0. The fraction of sp³-hybridized carbons (Fsp3) is 0.394. The van der Waals surface area contributed by atoms with Crippen molar-refractivity contribution < 1.29 is 46.6 Å². The predicted octanol–water partition coefficient (Wildman–Crippen LogP) is 3.11. The number of alkyl halides is 3. The maximum absolute atomic E-state index is 12.8. The highest BCUT2D eigenvalue weighted by molar-refractivity contribution is 6.01. The molecule has 2 aromatic heterocycles. The van der Waals surface area contributed by atoms with Crippen molar-refractivity contribution in [2.45, 2.75) is 44.5 Å². The molecule has 3 amide bonds. The van der Waals surface area contributed by atoms with Crippen molar-refractivity contribution in [3.8, 4) is 5.69 Å². The number of nitrogens with one attached hydrogen (secondary N) is 2. The van der Waals surface area contributed by atoms with Gasteiger partial charge in [-0.3, -0.25) is 19.3 Å². The van der Waals surface area contributed by atoms with Crippen molar-refractivity contribution in [3.05, 3.63) is 77.6 Å². The van der Waals surface area contributed by atoms with Crippen LogP contribution in [0.4, 0.5) is 24.7 Å². The Morgan fingerprint density at radius 1 is 0.961 bits per heavy atom. The third-order valence-electron chi connectivity index (χ3n) is 7.41. The number of aromatic nitrogens is 3. The molecule has 0 saturated carbocycles. The van der Waals surface area contributed by atoms with E-state index in [0.29, 0.717) is 57.1 Å². The minimum atomic E-state index is -4.49. The zero-order chi connectivity index (χ0) is 36.8. The molecule has 3 aromatic rings. The average Bonchev–Trinajstić information content (AvgIpc) is 3.75. The minimum absolute atomic E-state index is 0.0308. The molecule has 0 spiro atoms. The number of hydrogen-bond acceptors (Lipinski definition) is 11. The summed E-state index contributed by atoms with van der Waals surface area (Å²) in [5.74, 6) is -2.25. The Hall–Kier alpha value is -5.49. The summed E-state index contributed by atoms with van der Waals surface area (Å²) in [6.07, 6.45) is 2.59. The Morgan fingerprint density at radius 3 is 2.35 bits per heavy atom. The van der Waals surface area contributed by atoms with Crippen LogP contribution >= 0.6 is 0 Å². The van der Waals surface area contributed by atoms with E-state index in [-0.39, 0.29) is 34.4 Å². The lowest BCUT2D eigenvalue weighted by atomic mass is 10.1. The molecular formula is C33H39F3N8O7. The molecule has 0 bridgehead atoms. The number of carbonyl (C=O) groups excluding carboxylic acids is 4. The molecule has 6 N–H and O–H groups in total. The normalized spacial score (nSPS) is 14.1. The zero-order valence-electron chi connectivity index (χ0n) is 27.6. The number of nitrogens with two attached hydrogens (primary N) is 2. The largest absolute Gasteiger partial charge is 0.471 e. The number of benzene rings is 1. The highest BCUT2D eigenvalue weighted by atomic mass is 19.4. The van der Waals surface area contributed by atoms with Crippen LogP contribution in [-0.4, -0.2) is 84.5 Å². The van der Waals surface area contributed by atoms with E-state index in [1.807, 2.05) is 0 Å². The van der Waals surface area contributed by atoms with Crippen molar-refractivity contribution >= 4 is 35.5 Å². The molecule has 0 radical (unpaired) electrons. The summed E-state index contributed by atoms with van der Waals surface area (Å²) in [6.45, 7) is 1.22. The highest BCUT2D eigenvalue weighted by Gasteiger charge is 2.37. The first-order chi connectivity index (χ1) is 24.5. The van der Waals surface area contributed by atoms with Crippen molar-refractivity contribution in [3.63, 3.8) is 0 Å². The molecule has 1 aliphatic rings. The van der Waals surface area contributed by atoms with Crippen molar-refractivity contribution in [2.75, 3.05) is 49.7 Å². The number of nitrogens with zero attached hydrogens (tertiary/aromatic N) is 4.